The summed E-state index contributed by atoms with van der Waals surface area (Å²) in [7, 11) is 0. The number of aliphatic hydroxyl groups excluding tert-OH is 1. The SMILES string of the molecule is OCc1ncc(C(F)(F)F)cc1-c1ccccc1. The average Bonchev–Trinajstić information content (AvgIpc) is 2.38. The van der Waals surface area contributed by atoms with Gasteiger partial charge in [0.25, 0.3) is 0 Å². The number of aliphatic hydroxyl groups is 1. The Balaban J connectivity index is 2.57. The highest BCUT2D eigenvalue weighted by molar-refractivity contribution is 5.66. The van der Waals surface area contributed by atoms with Gasteiger partial charge in [0.05, 0.1) is 17.9 Å². The van der Waals surface area contributed by atoms with Gasteiger partial charge >= 0.3 is 6.18 Å². The molecule has 94 valence electrons. The highest BCUT2D eigenvalue weighted by atomic mass is 19.4. The molecule has 2 rings (SSSR count). The standard InChI is InChI=1S/C13H10F3NO/c14-13(15,16)10-6-11(12(8-18)17-7-10)9-4-2-1-3-5-9/h1-7,18H,8H2. The number of alkyl halides is 3. The van der Waals surface area contributed by atoms with E-state index in [-0.39, 0.29) is 5.69 Å². The highest BCUT2D eigenvalue weighted by Gasteiger charge is 2.31. The van der Waals surface area contributed by atoms with Crippen LogP contribution >= 0.6 is 0 Å². The summed E-state index contributed by atoms with van der Waals surface area (Å²) in [5.74, 6) is 0. The van der Waals surface area contributed by atoms with Crippen molar-refractivity contribution in [2.24, 2.45) is 0 Å². The van der Waals surface area contributed by atoms with Crippen LogP contribution in [0.1, 0.15) is 11.3 Å². The number of hydrogen-bond donors (Lipinski definition) is 1. The van der Waals surface area contributed by atoms with Crippen LogP contribution in [-0.4, -0.2) is 10.1 Å². The van der Waals surface area contributed by atoms with Crippen molar-refractivity contribution in [3.05, 3.63) is 53.9 Å². The lowest BCUT2D eigenvalue weighted by Gasteiger charge is -2.11. The van der Waals surface area contributed by atoms with Crippen molar-refractivity contribution in [3.63, 3.8) is 0 Å². The van der Waals surface area contributed by atoms with E-state index < -0.39 is 18.3 Å². The van der Waals surface area contributed by atoms with Crippen molar-refractivity contribution < 1.29 is 18.3 Å². The van der Waals surface area contributed by atoms with Crippen molar-refractivity contribution in [3.8, 4) is 11.1 Å². The molecule has 0 atom stereocenters. The molecule has 0 spiro atoms. The molecule has 2 nitrogen and oxygen atoms in total. The topological polar surface area (TPSA) is 33.1 Å². The molecule has 1 aromatic carbocycles. The maximum absolute atomic E-state index is 12.6. The number of nitrogens with zero attached hydrogens (tertiary/aromatic N) is 1. The zero-order valence-corrected chi connectivity index (χ0v) is 9.28. The summed E-state index contributed by atoms with van der Waals surface area (Å²) in [5.41, 5.74) is 0.306. The number of halogens is 3. The summed E-state index contributed by atoms with van der Waals surface area (Å²) in [5, 5.41) is 9.13. The van der Waals surface area contributed by atoms with E-state index in [0.717, 1.165) is 12.3 Å². The Labute approximate surface area is 102 Å². The maximum atomic E-state index is 12.6. The minimum atomic E-state index is -4.44. The summed E-state index contributed by atoms with van der Waals surface area (Å²) < 4.78 is 37.9. The smallest absolute Gasteiger partial charge is 0.390 e. The molecule has 0 saturated carbocycles. The monoisotopic (exact) mass is 253 g/mol. The molecule has 2 aromatic rings. The molecule has 0 unspecified atom stereocenters. The molecule has 0 aliphatic rings. The van der Waals surface area contributed by atoms with Crippen LogP contribution in [-0.2, 0) is 12.8 Å². The van der Waals surface area contributed by atoms with E-state index in [4.69, 9.17) is 5.11 Å². The van der Waals surface area contributed by atoms with Crippen molar-refractivity contribution in [1.29, 1.82) is 0 Å². The zero-order valence-electron chi connectivity index (χ0n) is 9.28. The maximum Gasteiger partial charge on any atom is 0.417 e. The van der Waals surface area contributed by atoms with Gasteiger partial charge in [0, 0.05) is 11.8 Å². The first kappa shape index (κ1) is 12.6. The molecule has 1 aromatic heterocycles. The second-order valence-corrected chi connectivity index (χ2v) is 3.74. The number of pyridine rings is 1. The molecule has 0 bridgehead atoms. The summed E-state index contributed by atoms with van der Waals surface area (Å²) in [6.07, 6.45) is -3.71. The van der Waals surface area contributed by atoms with Crippen LogP contribution in [0, 0.1) is 0 Å². The van der Waals surface area contributed by atoms with Gasteiger partial charge in [-0.05, 0) is 11.6 Å². The van der Waals surface area contributed by atoms with Gasteiger partial charge in [-0.15, -0.1) is 0 Å². The van der Waals surface area contributed by atoms with Crippen molar-refractivity contribution in [1.82, 2.24) is 4.98 Å². The number of benzene rings is 1. The molecule has 5 heteroatoms. The van der Waals surface area contributed by atoms with Gasteiger partial charge < -0.3 is 5.11 Å². The Morgan fingerprint density at radius 1 is 1.11 bits per heavy atom. The molecule has 0 saturated heterocycles. The third-order valence-electron chi connectivity index (χ3n) is 2.53. The molecule has 1 heterocycles. The van der Waals surface area contributed by atoms with Gasteiger partial charge in [0.2, 0.25) is 0 Å². The van der Waals surface area contributed by atoms with Gasteiger partial charge in [0.1, 0.15) is 0 Å². The third kappa shape index (κ3) is 2.51. The fraction of sp³-hybridized carbons (Fsp3) is 0.154. The number of rotatable bonds is 2. The quantitative estimate of drug-likeness (QED) is 0.891. The van der Waals surface area contributed by atoms with Crippen LogP contribution in [0.25, 0.3) is 11.1 Å². The molecule has 0 aliphatic heterocycles. The van der Waals surface area contributed by atoms with E-state index in [2.05, 4.69) is 4.98 Å². The Morgan fingerprint density at radius 2 is 1.78 bits per heavy atom. The molecular weight excluding hydrogens is 243 g/mol. The summed E-state index contributed by atoms with van der Waals surface area (Å²) >= 11 is 0. The van der Waals surface area contributed by atoms with Crippen LogP contribution in [0.4, 0.5) is 13.2 Å². The van der Waals surface area contributed by atoms with E-state index in [1.54, 1.807) is 30.3 Å². The van der Waals surface area contributed by atoms with Crippen LogP contribution in [0.2, 0.25) is 0 Å². The second kappa shape index (κ2) is 4.78. The lowest BCUT2D eigenvalue weighted by molar-refractivity contribution is -0.137. The van der Waals surface area contributed by atoms with Crippen LogP contribution in [0.15, 0.2) is 42.6 Å². The van der Waals surface area contributed by atoms with E-state index in [9.17, 15) is 13.2 Å². The molecule has 0 fully saturated rings. The highest BCUT2D eigenvalue weighted by Crippen LogP contribution is 2.32. The third-order valence-corrected chi connectivity index (χ3v) is 2.53. The predicted octanol–water partition coefficient (Wildman–Crippen LogP) is 3.26. The first-order valence-electron chi connectivity index (χ1n) is 5.25. The Hall–Kier alpha value is -1.88. The largest absolute Gasteiger partial charge is 0.417 e. The van der Waals surface area contributed by atoms with Crippen LogP contribution in [0.5, 0.6) is 0 Å². The molecule has 0 aliphatic carbocycles. The number of aromatic nitrogens is 1. The van der Waals surface area contributed by atoms with Gasteiger partial charge in [-0.1, -0.05) is 30.3 Å². The molecular formula is C13H10F3NO. The molecule has 18 heavy (non-hydrogen) atoms. The molecule has 0 radical (unpaired) electrons. The van der Waals surface area contributed by atoms with Gasteiger partial charge in [-0.25, -0.2) is 0 Å². The lowest BCUT2D eigenvalue weighted by Crippen LogP contribution is -2.07. The van der Waals surface area contributed by atoms with Gasteiger partial charge in [0.15, 0.2) is 0 Å². The second-order valence-electron chi connectivity index (χ2n) is 3.74. The van der Waals surface area contributed by atoms with E-state index >= 15 is 0 Å². The van der Waals surface area contributed by atoms with Gasteiger partial charge in [-0.2, -0.15) is 13.2 Å². The zero-order chi connectivity index (χ0) is 13.2. The fourth-order valence-corrected chi connectivity index (χ4v) is 1.64. The Bertz CT molecular complexity index is 538. The average molecular weight is 253 g/mol. The predicted molar refractivity (Wildman–Crippen MR) is 60.6 cm³/mol. The van der Waals surface area contributed by atoms with E-state index in [1.165, 1.54) is 0 Å². The van der Waals surface area contributed by atoms with Crippen molar-refractivity contribution in [2.45, 2.75) is 12.8 Å². The van der Waals surface area contributed by atoms with E-state index in [1.807, 2.05) is 0 Å². The van der Waals surface area contributed by atoms with Crippen molar-refractivity contribution in [2.75, 3.05) is 0 Å². The minimum absolute atomic E-state index is 0.231. The lowest BCUT2D eigenvalue weighted by atomic mass is 10.0. The summed E-state index contributed by atoms with van der Waals surface area (Å²) in [6.45, 7) is -0.400. The molecule has 0 amide bonds. The molecule has 1 N–H and O–H groups in total. The minimum Gasteiger partial charge on any atom is -0.390 e. The first-order chi connectivity index (χ1) is 8.52. The van der Waals surface area contributed by atoms with E-state index in [0.29, 0.717) is 11.1 Å². The van der Waals surface area contributed by atoms with Gasteiger partial charge in [-0.3, -0.25) is 4.98 Å². The summed E-state index contributed by atoms with van der Waals surface area (Å²) in [4.78, 5) is 3.67. The normalized spacial score (nSPS) is 11.6. The van der Waals surface area contributed by atoms with Crippen LogP contribution < -0.4 is 0 Å². The first-order valence-corrected chi connectivity index (χ1v) is 5.25. The Morgan fingerprint density at radius 3 is 2.33 bits per heavy atom. The fourth-order valence-electron chi connectivity index (χ4n) is 1.64. The summed E-state index contributed by atoms with van der Waals surface area (Å²) in [6, 6.07) is 9.57. The number of hydrogen-bond acceptors (Lipinski definition) is 2. The van der Waals surface area contributed by atoms with Crippen molar-refractivity contribution >= 4 is 0 Å². The van der Waals surface area contributed by atoms with Crippen LogP contribution in [0.3, 0.4) is 0 Å². The Kier molecular flexibility index (Phi) is 3.34.